The summed E-state index contributed by atoms with van der Waals surface area (Å²) in [6.45, 7) is 4.39. The van der Waals surface area contributed by atoms with Crippen molar-refractivity contribution in [3.8, 4) is 0 Å². The van der Waals surface area contributed by atoms with Gasteiger partial charge in [0, 0.05) is 11.5 Å². The van der Waals surface area contributed by atoms with Crippen LogP contribution in [0.2, 0.25) is 0 Å². The summed E-state index contributed by atoms with van der Waals surface area (Å²) in [4.78, 5) is 0. The molecule has 1 aromatic carbocycles. The normalized spacial score (nSPS) is 10.9. The minimum atomic E-state index is -2.16. The number of benzene rings is 1. The van der Waals surface area contributed by atoms with Crippen LogP contribution in [-0.2, 0) is 0 Å². The van der Waals surface area contributed by atoms with Gasteiger partial charge in [0.2, 0.25) is 5.82 Å². The molecular weight excluding hydrogens is 215 g/mol. The first-order valence-electron chi connectivity index (χ1n) is 3.89. The highest BCUT2D eigenvalue weighted by atomic mass is 19.2. The quantitative estimate of drug-likeness (QED) is 0.407. The van der Waals surface area contributed by atoms with E-state index in [1.807, 2.05) is 0 Å². The second-order valence-electron chi connectivity index (χ2n) is 2.83. The second-order valence-corrected chi connectivity index (χ2v) is 2.83. The summed E-state index contributed by atoms with van der Waals surface area (Å²) in [7, 11) is 0. The Hall–Kier alpha value is -1.39. The van der Waals surface area contributed by atoms with E-state index in [2.05, 4.69) is 6.58 Å². The van der Waals surface area contributed by atoms with Crippen molar-refractivity contribution in [1.29, 1.82) is 0 Å². The molecule has 81 valence electrons. The minimum absolute atomic E-state index is 0.122. The first-order chi connectivity index (χ1) is 6.91. The molecule has 0 aliphatic rings. The summed E-state index contributed by atoms with van der Waals surface area (Å²) in [5.74, 6) is -9.88. The van der Waals surface area contributed by atoms with Gasteiger partial charge in [-0.2, -0.15) is 0 Å². The van der Waals surface area contributed by atoms with Gasteiger partial charge in [-0.05, 0) is 0 Å². The smallest absolute Gasteiger partial charge is 0.200 e. The average molecular weight is 221 g/mol. The molecule has 0 N–H and O–H groups in total. The highest BCUT2D eigenvalue weighted by Gasteiger charge is 2.27. The van der Waals surface area contributed by atoms with Crippen molar-refractivity contribution in [3.63, 3.8) is 0 Å². The van der Waals surface area contributed by atoms with Gasteiger partial charge in [-0.15, -0.1) is 6.58 Å². The largest absolute Gasteiger partial charge is 0.203 e. The molecular formula is C10H6F5. The van der Waals surface area contributed by atoms with Crippen LogP contribution >= 0.6 is 0 Å². The lowest BCUT2D eigenvalue weighted by Crippen LogP contribution is -2.09. The number of hydrogen-bond donors (Lipinski definition) is 0. The fourth-order valence-corrected chi connectivity index (χ4v) is 1.05. The van der Waals surface area contributed by atoms with Crippen LogP contribution in [0.25, 0.3) is 0 Å². The summed E-state index contributed by atoms with van der Waals surface area (Å²) < 4.78 is 64.1. The van der Waals surface area contributed by atoms with Crippen molar-refractivity contribution in [2.45, 2.75) is 6.92 Å². The van der Waals surface area contributed by atoms with Crippen molar-refractivity contribution >= 4 is 0 Å². The van der Waals surface area contributed by atoms with Crippen LogP contribution in [0, 0.1) is 35.0 Å². The number of allylic oxidation sites excluding steroid dienone is 1. The van der Waals surface area contributed by atoms with Gasteiger partial charge in [0.1, 0.15) is 0 Å². The summed E-state index contributed by atoms with van der Waals surface area (Å²) in [6.07, 6.45) is 1.01. The summed E-state index contributed by atoms with van der Waals surface area (Å²) in [5.41, 5.74) is -0.943. The van der Waals surface area contributed by atoms with Crippen molar-refractivity contribution in [3.05, 3.63) is 53.2 Å². The topological polar surface area (TPSA) is 0 Å². The molecule has 15 heavy (non-hydrogen) atoms. The Bertz CT molecular complexity index is 382. The van der Waals surface area contributed by atoms with Crippen molar-refractivity contribution < 1.29 is 22.0 Å². The number of hydrogen-bond acceptors (Lipinski definition) is 0. The van der Waals surface area contributed by atoms with E-state index in [0.29, 0.717) is 0 Å². The minimum Gasteiger partial charge on any atom is -0.203 e. The van der Waals surface area contributed by atoms with E-state index in [1.165, 1.54) is 6.92 Å². The molecule has 1 aromatic rings. The molecule has 1 radical (unpaired) electrons. The highest BCUT2D eigenvalue weighted by Crippen LogP contribution is 2.28. The molecule has 0 atom stereocenters. The second kappa shape index (κ2) is 4.00. The maximum Gasteiger partial charge on any atom is 0.200 e. The molecule has 0 bridgehead atoms. The Morgan fingerprint density at radius 2 is 1.20 bits per heavy atom. The fourth-order valence-electron chi connectivity index (χ4n) is 1.05. The molecule has 0 unspecified atom stereocenters. The lowest BCUT2D eigenvalue weighted by Gasteiger charge is -2.10. The van der Waals surface area contributed by atoms with Crippen LogP contribution < -0.4 is 0 Å². The highest BCUT2D eigenvalue weighted by molar-refractivity contribution is 5.39. The lowest BCUT2D eigenvalue weighted by molar-refractivity contribution is 0.373. The molecule has 0 aliphatic heterocycles. The molecule has 0 fully saturated rings. The van der Waals surface area contributed by atoms with Gasteiger partial charge in [0.15, 0.2) is 23.3 Å². The first kappa shape index (κ1) is 11.7. The molecule has 0 nitrogen and oxygen atoms in total. The van der Waals surface area contributed by atoms with Crippen LogP contribution in [0.15, 0.2) is 12.7 Å². The van der Waals surface area contributed by atoms with Gasteiger partial charge >= 0.3 is 0 Å². The summed E-state index contributed by atoms with van der Waals surface area (Å²) >= 11 is 0. The van der Waals surface area contributed by atoms with Gasteiger partial charge in [-0.25, -0.2) is 22.0 Å². The summed E-state index contributed by atoms with van der Waals surface area (Å²) in [6, 6.07) is 0. The van der Waals surface area contributed by atoms with Crippen LogP contribution in [-0.4, -0.2) is 0 Å². The number of halogens is 5. The van der Waals surface area contributed by atoms with Gasteiger partial charge in [-0.3, -0.25) is 0 Å². The molecule has 0 spiro atoms. The molecule has 0 heterocycles. The van der Waals surface area contributed by atoms with Gasteiger partial charge in [-0.1, -0.05) is 13.0 Å². The molecule has 0 saturated carbocycles. The predicted octanol–water partition coefficient (Wildman–Crippen LogP) is 3.51. The first-order valence-corrected chi connectivity index (χ1v) is 3.89. The van der Waals surface area contributed by atoms with E-state index in [4.69, 9.17) is 0 Å². The Balaban J connectivity index is 3.59. The van der Waals surface area contributed by atoms with Gasteiger partial charge < -0.3 is 0 Å². The van der Waals surface area contributed by atoms with E-state index in [1.54, 1.807) is 0 Å². The van der Waals surface area contributed by atoms with E-state index < -0.39 is 34.6 Å². The van der Waals surface area contributed by atoms with E-state index in [9.17, 15) is 22.0 Å². The van der Waals surface area contributed by atoms with Crippen LogP contribution in [0.5, 0.6) is 0 Å². The predicted molar refractivity (Wildman–Crippen MR) is 44.4 cm³/mol. The van der Waals surface area contributed by atoms with E-state index in [-0.39, 0.29) is 5.92 Å². The summed E-state index contributed by atoms with van der Waals surface area (Å²) in [5, 5.41) is 0. The third-order valence-corrected chi connectivity index (χ3v) is 1.91. The molecule has 0 saturated heterocycles. The Morgan fingerprint density at radius 3 is 1.53 bits per heavy atom. The fraction of sp³-hybridized carbons (Fsp3) is 0.100. The van der Waals surface area contributed by atoms with Crippen LogP contribution in [0.3, 0.4) is 0 Å². The maximum atomic E-state index is 13.1. The molecule has 0 amide bonds. The Labute approximate surface area is 83.0 Å². The SMILES string of the molecule is C=C[C](C)c1c(F)c(F)c(F)c(F)c1F. The standard InChI is InChI=1S/C10H6F5/c1-3-4(2)5-6(11)8(13)10(15)9(14)7(5)12/h3H,1H2,2H3. The van der Waals surface area contributed by atoms with Gasteiger partial charge in [0.05, 0.1) is 0 Å². The lowest BCUT2D eigenvalue weighted by atomic mass is 9.99. The van der Waals surface area contributed by atoms with Crippen molar-refractivity contribution in [2.75, 3.05) is 0 Å². The molecule has 0 aromatic heterocycles. The van der Waals surface area contributed by atoms with Gasteiger partial charge in [0.25, 0.3) is 0 Å². The van der Waals surface area contributed by atoms with Crippen LogP contribution in [0.1, 0.15) is 12.5 Å². The third-order valence-electron chi connectivity index (χ3n) is 1.91. The van der Waals surface area contributed by atoms with E-state index in [0.717, 1.165) is 6.08 Å². The zero-order valence-electron chi connectivity index (χ0n) is 7.67. The Morgan fingerprint density at radius 1 is 0.867 bits per heavy atom. The molecule has 0 aliphatic carbocycles. The molecule has 1 rings (SSSR count). The van der Waals surface area contributed by atoms with Crippen molar-refractivity contribution in [2.24, 2.45) is 0 Å². The number of rotatable bonds is 2. The zero-order chi connectivity index (χ0) is 11.7. The monoisotopic (exact) mass is 221 g/mol. The van der Waals surface area contributed by atoms with Crippen LogP contribution in [0.4, 0.5) is 22.0 Å². The zero-order valence-corrected chi connectivity index (χ0v) is 7.67. The van der Waals surface area contributed by atoms with Crippen molar-refractivity contribution in [1.82, 2.24) is 0 Å². The third kappa shape index (κ3) is 1.73. The maximum absolute atomic E-state index is 13.1. The Kier molecular flexibility index (Phi) is 3.12. The average Bonchev–Trinajstić information content (AvgIpc) is 2.23. The molecule has 5 heteroatoms. The van der Waals surface area contributed by atoms with E-state index >= 15 is 0 Å².